The van der Waals surface area contributed by atoms with Crippen LogP contribution in [0.25, 0.3) is 10.8 Å². The van der Waals surface area contributed by atoms with E-state index in [0.29, 0.717) is 5.82 Å². The molecule has 0 fully saturated rings. The molecule has 0 aromatic carbocycles. The number of nitrogens with one attached hydrogen (secondary N) is 1. The summed E-state index contributed by atoms with van der Waals surface area (Å²) in [4.78, 5) is 19.2. The van der Waals surface area contributed by atoms with Crippen molar-refractivity contribution in [2.75, 3.05) is 5.32 Å². The van der Waals surface area contributed by atoms with Crippen molar-refractivity contribution in [3.8, 4) is 0 Å². The van der Waals surface area contributed by atoms with E-state index in [2.05, 4.69) is 15.3 Å². The van der Waals surface area contributed by atoms with Gasteiger partial charge in [0.25, 0.3) is 0 Å². The molecule has 15 heavy (non-hydrogen) atoms. The third-order valence-corrected chi connectivity index (χ3v) is 2.04. The number of anilines is 1. The van der Waals surface area contributed by atoms with Crippen LogP contribution < -0.4 is 5.32 Å². The molecule has 0 saturated carbocycles. The Hall–Kier alpha value is -1.97. The van der Waals surface area contributed by atoms with E-state index in [1.807, 2.05) is 19.1 Å². The molecular weight excluding hydrogens is 190 g/mol. The van der Waals surface area contributed by atoms with Crippen molar-refractivity contribution in [2.24, 2.45) is 0 Å². The summed E-state index contributed by atoms with van der Waals surface area (Å²) in [6.07, 6.45) is 3.51. The van der Waals surface area contributed by atoms with Crippen molar-refractivity contribution in [3.63, 3.8) is 0 Å². The van der Waals surface area contributed by atoms with E-state index in [4.69, 9.17) is 0 Å². The van der Waals surface area contributed by atoms with Crippen molar-refractivity contribution < 1.29 is 4.79 Å². The van der Waals surface area contributed by atoms with E-state index in [-0.39, 0.29) is 5.91 Å². The Morgan fingerprint density at radius 1 is 1.20 bits per heavy atom. The predicted molar refractivity (Wildman–Crippen MR) is 58.6 cm³/mol. The first-order valence-corrected chi connectivity index (χ1v) is 4.65. The summed E-state index contributed by atoms with van der Waals surface area (Å²) in [5.74, 6) is 0.433. The maximum atomic E-state index is 10.8. The zero-order valence-corrected chi connectivity index (χ0v) is 8.61. The summed E-state index contributed by atoms with van der Waals surface area (Å²) in [6.45, 7) is 3.39. The number of rotatable bonds is 1. The number of aryl methyl sites for hydroxylation is 1. The quantitative estimate of drug-likeness (QED) is 0.766. The van der Waals surface area contributed by atoms with E-state index in [1.54, 1.807) is 12.4 Å². The number of hydrogen-bond donors (Lipinski definition) is 1. The molecule has 2 heterocycles. The summed E-state index contributed by atoms with van der Waals surface area (Å²) in [7, 11) is 0. The van der Waals surface area contributed by atoms with Crippen LogP contribution in [0.4, 0.5) is 5.82 Å². The van der Waals surface area contributed by atoms with Gasteiger partial charge in [-0.1, -0.05) is 0 Å². The van der Waals surface area contributed by atoms with Crippen LogP contribution in [0, 0.1) is 6.92 Å². The van der Waals surface area contributed by atoms with Gasteiger partial charge in [0.1, 0.15) is 5.82 Å². The number of amides is 1. The molecule has 4 heteroatoms. The molecular formula is C11H11N3O. The van der Waals surface area contributed by atoms with E-state index in [1.165, 1.54) is 6.92 Å². The van der Waals surface area contributed by atoms with E-state index in [9.17, 15) is 4.79 Å². The highest BCUT2D eigenvalue weighted by Crippen LogP contribution is 2.16. The Morgan fingerprint density at radius 3 is 2.60 bits per heavy atom. The fourth-order valence-corrected chi connectivity index (χ4v) is 1.40. The van der Waals surface area contributed by atoms with Crippen LogP contribution in [0.15, 0.2) is 24.5 Å². The van der Waals surface area contributed by atoms with E-state index in [0.717, 1.165) is 16.5 Å². The number of hydrogen-bond acceptors (Lipinski definition) is 3. The average molecular weight is 201 g/mol. The Kier molecular flexibility index (Phi) is 2.33. The first-order valence-electron chi connectivity index (χ1n) is 4.65. The summed E-state index contributed by atoms with van der Waals surface area (Å²) >= 11 is 0. The third-order valence-electron chi connectivity index (χ3n) is 2.04. The van der Waals surface area contributed by atoms with Crippen LogP contribution in [0.5, 0.6) is 0 Å². The summed E-state index contributed by atoms with van der Waals surface area (Å²) in [5, 5.41) is 4.63. The lowest BCUT2D eigenvalue weighted by atomic mass is 10.2. The first kappa shape index (κ1) is 9.58. The lowest BCUT2D eigenvalue weighted by Gasteiger charge is -2.03. The van der Waals surface area contributed by atoms with Crippen molar-refractivity contribution in [3.05, 3.63) is 30.2 Å². The highest BCUT2D eigenvalue weighted by atomic mass is 16.1. The molecule has 0 atom stereocenters. The minimum atomic E-state index is -0.123. The van der Waals surface area contributed by atoms with E-state index < -0.39 is 0 Å². The second-order valence-electron chi connectivity index (χ2n) is 3.42. The Balaban J connectivity index is 2.47. The average Bonchev–Trinajstić information content (AvgIpc) is 2.17. The monoisotopic (exact) mass is 201 g/mol. The molecule has 2 aromatic heterocycles. The van der Waals surface area contributed by atoms with Gasteiger partial charge in [-0.15, -0.1) is 0 Å². The summed E-state index contributed by atoms with van der Waals surface area (Å²) < 4.78 is 0. The van der Waals surface area contributed by atoms with Crippen LogP contribution in [-0.2, 0) is 4.79 Å². The van der Waals surface area contributed by atoms with Crippen molar-refractivity contribution in [1.29, 1.82) is 0 Å². The Morgan fingerprint density at radius 2 is 1.87 bits per heavy atom. The van der Waals surface area contributed by atoms with Gasteiger partial charge in [-0.05, 0) is 19.1 Å². The fourth-order valence-electron chi connectivity index (χ4n) is 1.40. The van der Waals surface area contributed by atoms with Gasteiger partial charge in [0.05, 0.1) is 0 Å². The van der Waals surface area contributed by atoms with E-state index >= 15 is 0 Å². The zero-order valence-electron chi connectivity index (χ0n) is 8.61. The van der Waals surface area contributed by atoms with Gasteiger partial charge < -0.3 is 5.32 Å². The number of aromatic nitrogens is 2. The van der Waals surface area contributed by atoms with Gasteiger partial charge in [0.2, 0.25) is 5.91 Å². The second-order valence-corrected chi connectivity index (χ2v) is 3.42. The normalized spacial score (nSPS) is 10.3. The standard InChI is InChI=1S/C11H11N3O/c1-7-3-9-6-13-11(14-8(2)15)4-10(9)5-12-7/h3-6H,1-2H3,(H,13,14,15). The second kappa shape index (κ2) is 3.65. The molecule has 1 amide bonds. The molecule has 1 N–H and O–H groups in total. The van der Waals surface area contributed by atoms with Gasteiger partial charge in [-0.3, -0.25) is 9.78 Å². The molecule has 4 nitrogen and oxygen atoms in total. The third kappa shape index (κ3) is 2.10. The molecule has 76 valence electrons. The van der Waals surface area contributed by atoms with Gasteiger partial charge in [-0.2, -0.15) is 0 Å². The van der Waals surface area contributed by atoms with Gasteiger partial charge >= 0.3 is 0 Å². The first-order chi connectivity index (χ1) is 7.15. The van der Waals surface area contributed by atoms with Crippen molar-refractivity contribution >= 4 is 22.5 Å². The summed E-state index contributed by atoms with van der Waals surface area (Å²) in [6, 6.07) is 3.77. The fraction of sp³-hybridized carbons (Fsp3) is 0.182. The van der Waals surface area contributed by atoms with Gasteiger partial charge in [0.15, 0.2) is 0 Å². The minimum absolute atomic E-state index is 0.123. The number of pyridine rings is 2. The highest BCUT2D eigenvalue weighted by molar-refractivity contribution is 5.91. The molecule has 0 unspecified atom stereocenters. The SMILES string of the molecule is CC(=O)Nc1cc2cnc(C)cc2cn1. The molecule has 0 aliphatic heterocycles. The van der Waals surface area contributed by atoms with Gasteiger partial charge in [-0.25, -0.2) is 4.98 Å². The molecule has 0 aliphatic rings. The van der Waals surface area contributed by atoms with Crippen molar-refractivity contribution in [2.45, 2.75) is 13.8 Å². The smallest absolute Gasteiger partial charge is 0.222 e. The number of carbonyl (C=O) groups is 1. The highest BCUT2D eigenvalue weighted by Gasteiger charge is 2.00. The Bertz CT molecular complexity index is 522. The van der Waals surface area contributed by atoms with Crippen LogP contribution in [0.3, 0.4) is 0 Å². The predicted octanol–water partition coefficient (Wildman–Crippen LogP) is 1.90. The van der Waals surface area contributed by atoms with Crippen LogP contribution in [0.1, 0.15) is 12.6 Å². The lowest BCUT2D eigenvalue weighted by molar-refractivity contribution is -0.114. The van der Waals surface area contributed by atoms with Crippen LogP contribution in [0.2, 0.25) is 0 Å². The van der Waals surface area contributed by atoms with Crippen LogP contribution in [-0.4, -0.2) is 15.9 Å². The zero-order chi connectivity index (χ0) is 10.8. The molecule has 0 radical (unpaired) electrons. The maximum Gasteiger partial charge on any atom is 0.222 e. The number of carbonyl (C=O) groups excluding carboxylic acids is 1. The Labute approximate surface area is 87.4 Å². The number of nitrogens with zero attached hydrogens (tertiary/aromatic N) is 2. The van der Waals surface area contributed by atoms with Crippen LogP contribution >= 0.6 is 0 Å². The topological polar surface area (TPSA) is 54.9 Å². The molecule has 0 spiro atoms. The molecule has 0 saturated heterocycles. The summed E-state index contributed by atoms with van der Waals surface area (Å²) in [5.41, 5.74) is 0.955. The largest absolute Gasteiger partial charge is 0.311 e. The molecule has 0 aliphatic carbocycles. The molecule has 0 bridgehead atoms. The lowest BCUT2D eigenvalue weighted by Crippen LogP contribution is -2.07. The van der Waals surface area contributed by atoms with Gasteiger partial charge in [0, 0.05) is 35.8 Å². The molecule has 2 aromatic rings. The maximum absolute atomic E-state index is 10.8. The molecule has 2 rings (SSSR count). The minimum Gasteiger partial charge on any atom is -0.311 e. The number of fused-ring (bicyclic) bond motifs is 1. The van der Waals surface area contributed by atoms with Crippen molar-refractivity contribution in [1.82, 2.24) is 9.97 Å².